The van der Waals surface area contributed by atoms with Gasteiger partial charge < -0.3 is 24.7 Å². The van der Waals surface area contributed by atoms with Crippen molar-refractivity contribution in [1.29, 1.82) is 0 Å². The lowest BCUT2D eigenvalue weighted by atomic mass is 10.1. The zero-order valence-corrected chi connectivity index (χ0v) is 16.4. The Morgan fingerprint density at radius 2 is 2.15 bits per heavy atom. The Balaban J connectivity index is 1.40. The van der Waals surface area contributed by atoms with Crippen molar-refractivity contribution in [2.75, 3.05) is 26.7 Å². The number of amides is 1. The first-order valence-corrected chi connectivity index (χ1v) is 9.22. The number of nitrogens with zero attached hydrogens (tertiary/aromatic N) is 4. The number of ether oxygens (including phenoxy) is 1. The van der Waals surface area contributed by atoms with Crippen LogP contribution in [-0.4, -0.2) is 64.7 Å². The number of pyridine rings is 1. The van der Waals surface area contributed by atoms with Crippen molar-refractivity contribution in [3.8, 4) is 0 Å². The van der Waals surface area contributed by atoms with Gasteiger partial charge in [-0.2, -0.15) is 0 Å². The smallest absolute Gasteiger partial charge is 0.410 e. The number of rotatable bonds is 4. The standard InChI is InChI=1S/C19H28N6O2/c1-19(2,3)27-18(26)25-12-15(13-25)23-17(20-4)21-9-8-14-11-24-10-6-5-7-16(24)22-14/h5-7,10-11,15H,8-9,12-13H2,1-4H3,(H2,20,21,23). The van der Waals surface area contributed by atoms with Crippen LogP contribution in [0.4, 0.5) is 4.79 Å². The fourth-order valence-corrected chi connectivity index (χ4v) is 2.85. The van der Waals surface area contributed by atoms with E-state index in [-0.39, 0.29) is 12.1 Å². The third-order valence-electron chi connectivity index (χ3n) is 4.19. The van der Waals surface area contributed by atoms with Crippen LogP contribution in [0, 0.1) is 0 Å². The number of aliphatic imine (C=N–C) groups is 1. The second kappa shape index (κ2) is 7.85. The molecule has 0 unspecified atom stereocenters. The van der Waals surface area contributed by atoms with Gasteiger partial charge >= 0.3 is 6.09 Å². The van der Waals surface area contributed by atoms with E-state index in [1.807, 2.05) is 55.8 Å². The molecule has 0 bridgehead atoms. The quantitative estimate of drug-likeness (QED) is 0.630. The van der Waals surface area contributed by atoms with E-state index in [0.717, 1.165) is 30.3 Å². The molecule has 1 aliphatic rings. The summed E-state index contributed by atoms with van der Waals surface area (Å²) in [6, 6.07) is 6.14. The molecule has 0 atom stereocenters. The summed E-state index contributed by atoms with van der Waals surface area (Å²) >= 11 is 0. The van der Waals surface area contributed by atoms with Gasteiger partial charge in [-0.25, -0.2) is 9.78 Å². The average Bonchev–Trinajstić information content (AvgIpc) is 2.96. The fourth-order valence-electron chi connectivity index (χ4n) is 2.85. The van der Waals surface area contributed by atoms with Crippen LogP contribution in [0.3, 0.4) is 0 Å². The predicted molar refractivity (Wildman–Crippen MR) is 105 cm³/mol. The molecule has 2 aromatic rings. The summed E-state index contributed by atoms with van der Waals surface area (Å²) < 4.78 is 7.38. The predicted octanol–water partition coefficient (Wildman–Crippen LogP) is 1.66. The van der Waals surface area contributed by atoms with Crippen molar-refractivity contribution in [3.63, 3.8) is 0 Å². The number of carbonyl (C=O) groups excluding carboxylic acids is 1. The summed E-state index contributed by atoms with van der Waals surface area (Å²) in [6.07, 6.45) is 4.57. The number of likely N-dealkylation sites (tertiary alicyclic amines) is 1. The first-order chi connectivity index (χ1) is 12.8. The fraction of sp³-hybridized carbons (Fsp3) is 0.526. The Bertz CT molecular complexity index is 784. The highest BCUT2D eigenvalue weighted by molar-refractivity contribution is 5.80. The highest BCUT2D eigenvalue weighted by atomic mass is 16.6. The monoisotopic (exact) mass is 372 g/mol. The maximum atomic E-state index is 12.0. The molecule has 0 aliphatic carbocycles. The average molecular weight is 372 g/mol. The molecule has 0 radical (unpaired) electrons. The number of hydrogen-bond donors (Lipinski definition) is 2. The van der Waals surface area contributed by atoms with Crippen LogP contribution in [0.5, 0.6) is 0 Å². The van der Waals surface area contributed by atoms with Gasteiger partial charge in [0, 0.05) is 45.5 Å². The Labute approximate surface area is 159 Å². The number of fused-ring (bicyclic) bond motifs is 1. The third kappa shape index (κ3) is 5.12. The molecule has 1 amide bonds. The Hall–Kier alpha value is -2.77. The molecule has 1 saturated heterocycles. The van der Waals surface area contributed by atoms with Crippen LogP contribution in [-0.2, 0) is 11.2 Å². The van der Waals surface area contributed by atoms with Gasteiger partial charge in [0.15, 0.2) is 5.96 Å². The van der Waals surface area contributed by atoms with Gasteiger partial charge in [-0.05, 0) is 32.9 Å². The van der Waals surface area contributed by atoms with E-state index >= 15 is 0 Å². The lowest BCUT2D eigenvalue weighted by Crippen LogP contribution is -2.63. The zero-order chi connectivity index (χ0) is 19.4. The molecule has 146 valence electrons. The van der Waals surface area contributed by atoms with Gasteiger partial charge in [-0.1, -0.05) is 6.07 Å². The van der Waals surface area contributed by atoms with Crippen molar-refractivity contribution in [2.24, 2.45) is 4.99 Å². The van der Waals surface area contributed by atoms with Gasteiger partial charge in [0.2, 0.25) is 0 Å². The molecular formula is C19H28N6O2. The molecule has 0 spiro atoms. The largest absolute Gasteiger partial charge is 0.444 e. The van der Waals surface area contributed by atoms with E-state index in [2.05, 4.69) is 20.6 Å². The molecule has 1 fully saturated rings. The molecule has 2 N–H and O–H groups in total. The highest BCUT2D eigenvalue weighted by Gasteiger charge is 2.34. The Morgan fingerprint density at radius 1 is 1.37 bits per heavy atom. The van der Waals surface area contributed by atoms with Crippen LogP contribution in [0.2, 0.25) is 0 Å². The van der Waals surface area contributed by atoms with Gasteiger partial charge in [-0.3, -0.25) is 4.99 Å². The second-order valence-electron chi connectivity index (χ2n) is 7.67. The molecule has 3 heterocycles. The minimum Gasteiger partial charge on any atom is -0.444 e. The molecule has 2 aromatic heterocycles. The molecule has 8 nitrogen and oxygen atoms in total. The van der Waals surface area contributed by atoms with Crippen LogP contribution < -0.4 is 10.6 Å². The van der Waals surface area contributed by atoms with E-state index in [1.165, 1.54) is 0 Å². The normalized spacial score (nSPS) is 15.6. The minimum atomic E-state index is -0.467. The highest BCUT2D eigenvalue weighted by Crippen LogP contribution is 2.15. The van der Waals surface area contributed by atoms with E-state index in [1.54, 1.807) is 11.9 Å². The molecular weight excluding hydrogens is 344 g/mol. The maximum Gasteiger partial charge on any atom is 0.410 e. The SMILES string of the molecule is CN=C(NCCc1cn2ccccc2n1)NC1CN(C(=O)OC(C)(C)C)C1. The van der Waals surface area contributed by atoms with Crippen LogP contribution in [0.1, 0.15) is 26.5 Å². The first kappa shape index (κ1) is 19.0. The molecule has 0 saturated carbocycles. The van der Waals surface area contributed by atoms with Gasteiger partial charge in [0.05, 0.1) is 11.7 Å². The van der Waals surface area contributed by atoms with E-state index in [9.17, 15) is 4.79 Å². The van der Waals surface area contributed by atoms with Gasteiger partial charge in [0.25, 0.3) is 0 Å². The maximum absolute atomic E-state index is 12.0. The van der Waals surface area contributed by atoms with E-state index in [4.69, 9.17) is 4.74 Å². The minimum absolute atomic E-state index is 0.180. The molecule has 8 heteroatoms. The Morgan fingerprint density at radius 3 is 2.81 bits per heavy atom. The van der Waals surface area contributed by atoms with E-state index in [0.29, 0.717) is 13.1 Å². The summed E-state index contributed by atoms with van der Waals surface area (Å²) in [5.74, 6) is 0.729. The van der Waals surface area contributed by atoms with E-state index < -0.39 is 5.60 Å². The summed E-state index contributed by atoms with van der Waals surface area (Å²) in [5, 5.41) is 6.63. The number of hydrogen-bond acceptors (Lipinski definition) is 4. The first-order valence-electron chi connectivity index (χ1n) is 9.22. The zero-order valence-electron chi connectivity index (χ0n) is 16.4. The van der Waals surface area contributed by atoms with Crippen molar-refractivity contribution >= 4 is 17.7 Å². The number of carbonyl (C=O) groups is 1. The van der Waals surface area contributed by atoms with Crippen LogP contribution in [0.25, 0.3) is 5.65 Å². The lowest BCUT2D eigenvalue weighted by molar-refractivity contribution is 0.00701. The summed E-state index contributed by atoms with van der Waals surface area (Å²) in [6.45, 7) is 7.57. The van der Waals surface area contributed by atoms with Gasteiger partial charge in [0.1, 0.15) is 11.2 Å². The van der Waals surface area contributed by atoms with Gasteiger partial charge in [-0.15, -0.1) is 0 Å². The topological polar surface area (TPSA) is 83.3 Å². The molecule has 0 aromatic carbocycles. The number of guanidine groups is 1. The second-order valence-corrected chi connectivity index (χ2v) is 7.67. The number of aromatic nitrogens is 2. The molecule has 1 aliphatic heterocycles. The van der Waals surface area contributed by atoms with Crippen molar-refractivity contribution in [2.45, 2.75) is 38.8 Å². The third-order valence-corrected chi connectivity index (χ3v) is 4.19. The van der Waals surface area contributed by atoms with Crippen molar-refractivity contribution in [3.05, 3.63) is 36.3 Å². The number of imidazole rings is 1. The molecule has 3 rings (SSSR count). The van der Waals surface area contributed by atoms with Crippen LogP contribution >= 0.6 is 0 Å². The van der Waals surface area contributed by atoms with Crippen LogP contribution in [0.15, 0.2) is 35.6 Å². The van der Waals surface area contributed by atoms with Crippen molar-refractivity contribution < 1.29 is 9.53 Å². The lowest BCUT2D eigenvalue weighted by Gasteiger charge is -2.40. The number of nitrogens with one attached hydrogen (secondary N) is 2. The van der Waals surface area contributed by atoms with Crippen molar-refractivity contribution in [1.82, 2.24) is 24.9 Å². The summed E-state index contributed by atoms with van der Waals surface area (Å²) in [7, 11) is 1.74. The summed E-state index contributed by atoms with van der Waals surface area (Å²) in [5.41, 5.74) is 1.51. The Kier molecular flexibility index (Phi) is 5.53. The summed E-state index contributed by atoms with van der Waals surface area (Å²) in [4.78, 5) is 22.5. The molecule has 27 heavy (non-hydrogen) atoms.